The Labute approximate surface area is 214 Å². The minimum Gasteiger partial charge on any atom is -0.345 e. The molecule has 186 valence electrons. The average Bonchev–Trinajstić information content (AvgIpc) is 3.52. The predicted molar refractivity (Wildman–Crippen MR) is 142 cm³/mol. The van der Waals surface area contributed by atoms with Gasteiger partial charge in [0, 0.05) is 29.8 Å². The van der Waals surface area contributed by atoms with E-state index in [0.717, 1.165) is 58.7 Å². The number of hydrogen-bond acceptors (Lipinski definition) is 5. The molecule has 0 saturated carbocycles. The molecule has 4 heterocycles. The van der Waals surface area contributed by atoms with Crippen molar-refractivity contribution < 1.29 is 4.79 Å². The summed E-state index contributed by atoms with van der Waals surface area (Å²) in [5.74, 6) is 0.811. The van der Waals surface area contributed by atoms with E-state index in [1.165, 1.54) is 11.1 Å². The smallest absolute Gasteiger partial charge is 0.254 e. The van der Waals surface area contributed by atoms with Crippen molar-refractivity contribution in [3.05, 3.63) is 71.4 Å². The molecule has 1 aliphatic carbocycles. The van der Waals surface area contributed by atoms with Crippen molar-refractivity contribution in [2.24, 2.45) is 5.41 Å². The van der Waals surface area contributed by atoms with Crippen LogP contribution in [-0.4, -0.2) is 53.3 Å². The molecular formula is C29H29N7O. The van der Waals surface area contributed by atoms with Gasteiger partial charge < -0.3 is 14.9 Å². The molecule has 2 aromatic carbocycles. The minimum atomic E-state index is -0.110. The fourth-order valence-electron chi connectivity index (χ4n) is 6.53. The van der Waals surface area contributed by atoms with Crippen LogP contribution < -0.4 is 0 Å². The van der Waals surface area contributed by atoms with E-state index in [0.29, 0.717) is 5.56 Å². The van der Waals surface area contributed by atoms with Crippen LogP contribution in [-0.2, 0) is 11.8 Å². The molecule has 1 saturated heterocycles. The maximum atomic E-state index is 13.8. The zero-order valence-electron chi connectivity index (χ0n) is 21.5. The molecule has 1 aliphatic heterocycles. The summed E-state index contributed by atoms with van der Waals surface area (Å²) >= 11 is 0. The first-order valence-electron chi connectivity index (χ1n) is 12.8. The lowest BCUT2D eigenvalue weighted by molar-refractivity contribution is -0.0261. The van der Waals surface area contributed by atoms with E-state index in [2.05, 4.69) is 62.7 Å². The SMILES string of the molecule is Cc1cnc(-c2nc3cc4c(cc3[nH]2)C[C@H]2N(C(=O)c3ccc5nc[nH]c5c3)CC[C@]4(C)C2(C)C)cn1. The first-order valence-corrected chi connectivity index (χ1v) is 12.8. The van der Waals surface area contributed by atoms with E-state index in [1.807, 2.05) is 25.1 Å². The largest absolute Gasteiger partial charge is 0.345 e. The molecule has 2 aliphatic rings. The highest BCUT2D eigenvalue weighted by Crippen LogP contribution is 2.56. The number of fused-ring (bicyclic) bond motifs is 6. The number of nitrogens with one attached hydrogen (secondary N) is 2. The van der Waals surface area contributed by atoms with Crippen molar-refractivity contribution in [3.8, 4) is 11.5 Å². The number of hydrogen-bond donors (Lipinski definition) is 2. The fourth-order valence-corrected chi connectivity index (χ4v) is 6.53. The van der Waals surface area contributed by atoms with Crippen LogP contribution in [0, 0.1) is 12.3 Å². The fraction of sp³-hybridized carbons (Fsp3) is 0.345. The number of amides is 1. The van der Waals surface area contributed by atoms with Crippen LogP contribution in [0.3, 0.4) is 0 Å². The third-order valence-corrected chi connectivity index (χ3v) is 9.15. The molecule has 8 nitrogen and oxygen atoms in total. The summed E-state index contributed by atoms with van der Waals surface area (Å²) in [4.78, 5) is 40.6. The molecule has 0 spiro atoms. The highest BCUT2D eigenvalue weighted by Gasteiger charge is 2.57. The lowest BCUT2D eigenvalue weighted by atomic mass is 9.51. The Morgan fingerprint density at radius 2 is 1.89 bits per heavy atom. The Morgan fingerprint density at radius 1 is 1.03 bits per heavy atom. The van der Waals surface area contributed by atoms with Gasteiger partial charge in [-0.05, 0) is 66.6 Å². The third kappa shape index (κ3) is 3.11. The lowest BCUT2D eigenvalue weighted by Gasteiger charge is -2.60. The number of aryl methyl sites for hydroxylation is 1. The summed E-state index contributed by atoms with van der Waals surface area (Å²) in [5, 5.41) is 0. The van der Waals surface area contributed by atoms with Crippen molar-refractivity contribution >= 4 is 28.0 Å². The second-order valence-corrected chi connectivity index (χ2v) is 11.3. The Kier molecular flexibility index (Phi) is 4.47. The van der Waals surface area contributed by atoms with Crippen LogP contribution in [0.15, 0.2) is 49.1 Å². The van der Waals surface area contributed by atoms with Crippen molar-refractivity contribution in [1.82, 2.24) is 34.8 Å². The highest BCUT2D eigenvalue weighted by molar-refractivity contribution is 5.97. The summed E-state index contributed by atoms with van der Waals surface area (Å²) in [6.45, 7) is 9.65. The van der Waals surface area contributed by atoms with Gasteiger partial charge in [-0.1, -0.05) is 20.8 Å². The van der Waals surface area contributed by atoms with E-state index in [4.69, 9.17) is 4.98 Å². The summed E-state index contributed by atoms with van der Waals surface area (Å²) in [5.41, 5.74) is 8.44. The topological polar surface area (TPSA) is 103 Å². The highest BCUT2D eigenvalue weighted by atomic mass is 16.2. The van der Waals surface area contributed by atoms with Crippen LogP contribution in [0.5, 0.6) is 0 Å². The number of nitrogens with zero attached hydrogens (tertiary/aromatic N) is 5. The van der Waals surface area contributed by atoms with Crippen LogP contribution >= 0.6 is 0 Å². The lowest BCUT2D eigenvalue weighted by Crippen LogP contribution is -2.64. The molecule has 5 aromatic rings. The second kappa shape index (κ2) is 7.47. The van der Waals surface area contributed by atoms with Gasteiger partial charge in [-0.15, -0.1) is 0 Å². The molecule has 2 N–H and O–H groups in total. The Hall–Kier alpha value is -4.07. The van der Waals surface area contributed by atoms with E-state index in [1.54, 1.807) is 18.7 Å². The third-order valence-electron chi connectivity index (χ3n) is 9.15. The number of H-pyrrole nitrogens is 2. The van der Waals surface area contributed by atoms with Gasteiger partial charge in [0.05, 0.1) is 40.3 Å². The number of aromatic nitrogens is 6. The molecule has 1 amide bonds. The number of carbonyl (C=O) groups is 1. The minimum absolute atomic E-state index is 0.0771. The molecule has 2 bridgehead atoms. The van der Waals surface area contributed by atoms with Gasteiger partial charge in [-0.3, -0.25) is 9.78 Å². The molecule has 37 heavy (non-hydrogen) atoms. The summed E-state index contributed by atoms with van der Waals surface area (Å²) in [6, 6.07) is 10.3. The number of rotatable bonds is 2. The van der Waals surface area contributed by atoms with Crippen molar-refractivity contribution in [3.63, 3.8) is 0 Å². The number of piperidine rings is 1. The Bertz CT molecular complexity index is 1700. The molecule has 8 heteroatoms. The number of likely N-dealkylation sites (tertiary alicyclic amines) is 1. The summed E-state index contributed by atoms with van der Waals surface area (Å²) < 4.78 is 0. The molecule has 0 unspecified atom stereocenters. The first kappa shape index (κ1) is 22.2. The maximum absolute atomic E-state index is 13.8. The Morgan fingerprint density at radius 3 is 2.70 bits per heavy atom. The van der Waals surface area contributed by atoms with Gasteiger partial charge in [0.15, 0.2) is 5.82 Å². The number of carbonyl (C=O) groups excluding carboxylic acids is 1. The monoisotopic (exact) mass is 491 g/mol. The molecule has 7 rings (SSSR count). The van der Waals surface area contributed by atoms with E-state index < -0.39 is 0 Å². The molecule has 0 radical (unpaired) electrons. The van der Waals surface area contributed by atoms with Crippen LogP contribution in [0.4, 0.5) is 0 Å². The van der Waals surface area contributed by atoms with Crippen LogP contribution in [0.1, 0.15) is 54.4 Å². The van der Waals surface area contributed by atoms with Gasteiger partial charge in [0.1, 0.15) is 5.69 Å². The van der Waals surface area contributed by atoms with E-state index in [-0.39, 0.29) is 22.8 Å². The number of aromatic amines is 2. The van der Waals surface area contributed by atoms with Gasteiger partial charge in [-0.2, -0.15) is 0 Å². The Balaban J connectivity index is 1.29. The normalized spacial score (nSPS) is 22.4. The van der Waals surface area contributed by atoms with E-state index >= 15 is 0 Å². The maximum Gasteiger partial charge on any atom is 0.254 e. The standard InChI is InChI=1S/C29H29N7O/c1-16-13-31-24(14-30-16)26-34-22-10-18-11-25-28(2,3)29(4,19(18)12-23(22)35-26)7-8-36(25)27(37)17-5-6-20-21(9-17)33-15-32-20/h5-6,9-10,12-15,25H,7-8,11H2,1-4H3,(H,32,33)(H,34,35)/t25-,29+/m1/s1. The number of benzene rings is 2. The summed E-state index contributed by atoms with van der Waals surface area (Å²) in [6.07, 6.45) is 6.89. The van der Waals surface area contributed by atoms with Crippen LogP contribution in [0.25, 0.3) is 33.6 Å². The molecular weight excluding hydrogens is 462 g/mol. The van der Waals surface area contributed by atoms with E-state index in [9.17, 15) is 4.79 Å². The molecule has 1 fully saturated rings. The van der Waals surface area contributed by atoms with Gasteiger partial charge in [0.2, 0.25) is 0 Å². The van der Waals surface area contributed by atoms with Gasteiger partial charge in [0.25, 0.3) is 5.91 Å². The second-order valence-electron chi connectivity index (χ2n) is 11.3. The van der Waals surface area contributed by atoms with Crippen molar-refractivity contribution in [2.75, 3.05) is 6.54 Å². The molecule has 2 atom stereocenters. The van der Waals surface area contributed by atoms with Gasteiger partial charge >= 0.3 is 0 Å². The van der Waals surface area contributed by atoms with Gasteiger partial charge in [-0.25, -0.2) is 15.0 Å². The van der Waals surface area contributed by atoms with Crippen molar-refractivity contribution in [2.45, 2.75) is 52.0 Å². The summed E-state index contributed by atoms with van der Waals surface area (Å²) in [7, 11) is 0. The quantitative estimate of drug-likeness (QED) is 0.363. The predicted octanol–water partition coefficient (Wildman–Crippen LogP) is 4.96. The van der Waals surface area contributed by atoms with Crippen LogP contribution in [0.2, 0.25) is 0 Å². The average molecular weight is 492 g/mol. The first-order chi connectivity index (χ1) is 17.7. The number of imidazole rings is 2. The van der Waals surface area contributed by atoms with Crippen molar-refractivity contribution in [1.29, 1.82) is 0 Å². The zero-order valence-corrected chi connectivity index (χ0v) is 21.5. The molecule has 3 aromatic heterocycles. The zero-order chi connectivity index (χ0) is 25.5.